The van der Waals surface area contributed by atoms with E-state index in [4.69, 9.17) is 14.2 Å². The van der Waals surface area contributed by atoms with Crippen LogP contribution in [0.1, 0.15) is 57.2 Å². The van der Waals surface area contributed by atoms with Crippen LogP contribution in [0.2, 0.25) is 0 Å². The highest BCUT2D eigenvalue weighted by Crippen LogP contribution is 2.42. The van der Waals surface area contributed by atoms with E-state index in [0.29, 0.717) is 29.2 Å². The number of likely N-dealkylation sites (tertiary alicyclic amines) is 1. The fourth-order valence-corrected chi connectivity index (χ4v) is 4.12. The summed E-state index contributed by atoms with van der Waals surface area (Å²) in [7, 11) is 1.53. The standard InChI is InChI=1S/C28H35NO6/c1-5-6-9-17-35-21-14-12-20(13-15-21)26(30)24-25(22-10-7-8-11-23(22)33-4)29(28(32)27(24)31)16-18-34-19(2)3/h7-8,10-15,19,25,30H,5-6,9,16-18H2,1-4H3/b26-24-. The molecule has 3 rings (SSSR count). The van der Waals surface area contributed by atoms with E-state index < -0.39 is 17.7 Å². The zero-order valence-corrected chi connectivity index (χ0v) is 21.0. The highest BCUT2D eigenvalue weighted by atomic mass is 16.5. The molecule has 2 aromatic rings. The Morgan fingerprint density at radius 1 is 1.03 bits per heavy atom. The number of methoxy groups -OCH3 is 1. The van der Waals surface area contributed by atoms with Crippen LogP contribution in [0.4, 0.5) is 0 Å². The summed E-state index contributed by atoms with van der Waals surface area (Å²) < 4.78 is 16.9. The quantitative estimate of drug-likeness (QED) is 0.196. The maximum atomic E-state index is 13.2. The summed E-state index contributed by atoms with van der Waals surface area (Å²) in [6, 6.07) is 13.3. The van der Waals surface area contributed by atoms with Gasteiger partial charge in [-0.3, -0.25) is 9.59 Å². The average molecular weight is 482 g/mol. The van der Waals surface area contributed by atoms with E-state index in [2.05, 4.69) is 6.92 Å². The second-order valence-electron chi connectivity index (χ2n) is 8.73. The summed E-state index contributed by atoms with van der Waals surface area (Å²) in [5.74, 6) is -0.432. The van der Waals surface area contributed by atoms with Crippen molar-refractivity contribution in [3.63, 3.8) is 0 Å². The Labute approximate surface area is 207 Å². The first kappa shape index (κ1) is 26.3. The molecule has 1 unspecified atom stereocenters. The van der Waals surface area contributed by atoms with Gasteiger partial charge in [-0.05, 0) is 50.6 Å². The molecule has 1 aliphatic heterocycles. The zero-order chi connectivity index (χ0) is 25.4. The molecule has 1 amide bonds. The Kier molecular flexibility index (Phi) is 9.32. The third kappa shape index (κ3) is 6.22. The van der Waals surface area contributed by atoms with Gasteiger partial charge in [-0.2, -0.15) is 0 Å². The SMILES string of the molecule is CCCCCOc1ccc(/C(O)=C2/C(=O)C(=O)N(CCOC(C)C)C2c2ccccc2OC)cc1. The number of para-hydroxylation sites is 1. The van der Waals surface area contributed by atoms with Crippen LogP contribution in [-0.2, 0) is 14.3 Å². The van der Waals surface area contributed by atoms with Crippen LogP contribution in [0.15, 0.2) is 54.1 Å². The van der Waals surface area contributed by atoms with Gasteiger partial charge >= 0.3 is 0 Å². The molecular formula is C28H35NO6. The number of carbonyl (C=O) groups is 2. The topological polar surface area (TPSA) is 85.3 Å². The van der Waals surface area contributed by atoms with E-state index in [1.54, 1.807) is 36.4 Å². The van der Waals surface area contributed by atoms with Crippen LogP contribution in [0.25, 0.3) is 5.76 Å². The Morgan fingerprint density at radius 3 is 2.40 bits per heavy atom. The summed E-state index contributed by atoms with van der Waals surface area (Å²) in [6.45, 7) is 7.03. The number of amides is 1. The number of hydrogen-bond donors (Lipinski definition) is 1. The molecule has 1 N–H and O–H groups in total. The summed E-state index contributed by atoms with van der Waals surface area (Å²) in [5, 5.41) is 11.2. The second kappa shape index (κ2) is 12.4. The Bertz CT molecular complexity index is 1040. The van der Waals surface area contributed by atoms with Crippen molar-refractivity contribution in [2.45, 2.75) is 52.2 Å². The van der Waals surface area contributed by atoms with Crippen molar-refractivity contribution in [2.24, 2.45) is 0 Å². The van der Waals surface area contributed by atoms with Gasteiger partial charge in [0.1, 0.15) is 17.3 Å². The summed E-state index contributed by atoms with van der Waals surface area (Å²) in [6.07, 6.45) is 3.18. The van der Waals surface area contributed by atoms with Gasteiger partial charge in [0.15, 0.2) is 0 Å². The Balaban J connectivity index is 1.98. The molecule has 1 aliphatic rings. The summed E-state index contributed by atoms with van der Waals surface area (Å²) >= 11 is 0. The molecule has 188 valence electrons. The van der Waals surface area contributed by atoms with E-state index in [-0.39, 0.29) is 30.6 Å². The highest BCUT2D eigenvalue weighted by Gasteiger charge is 2.46. The van der Waals surface area contributed by atoms with Crippen LogP contribution >= 0.6 is 0 Å². The lowest BCUT2D eigenvalue weighted by atomic mass is 9.94. The molecule has 2 aromatic carbocycles. The molecule has 0 bridgehead atoms. The first-order chi connectivity index (χ1) is 16.9. The molecule has 35 heavy (non-hydrogen) atoms. The minimum atomic E-state index is -0.799. The predicted molar refractivity (Wildman–Crippen MR) is 135 cm³/mol. The number of unbranched alkanes of at least 4 members (excludes halogenated alkanes) is 2. The monoisotopic (exact) mass is 481 g/mol. The largest absolute Gasteiger partial charge is 0.507 e. The highest BCUT2D eigenvalue weighted by molar-refractivity contribution is 6.46. The molecule has 1 heterocycles. The predicted octanol–water partition coefficient (Wildman–Crippen LogP) is 5.11. The normalized spacial score (nSPS) is 17.3. The van der Waals surface area contributed by atoms with E-state index >= 15 is 0 Å². The van der Waals surface area contributed by atoms with E-state index in [0.717, 1.165) is 19.3 Å². The Morgan fingerprint density at radius 2 is 1.74 bits per heavy atom. The first-order valence-electron chi connectivity index (χ1n) is 12.1. The number of ether oxygens (including phenoxy) is 3. The van der Waals surface area contributed by atoms with Crippen molar-refractivity contribution >= 4 is 17.4 Å². The second-order valence-corrected chi connectivity index (χ2v) is 8.73. The van der Waals surface area contributed by atoms with Crippen LogP contribution < -0.4 is 9.47 Å². The van der Waals surface area contributed by atoms with Crippen molar-refractivity contribution in [2.75, 3.05) is 26.9 Å². The lowest BCUT2D eigenvalue weighted by Gasteiger charge is -2.26. The molecular weight excluding hydrogens is 446 g/mol. The van der Waals surface area contributed by atoms with E-state index in [1.807, 2.05) is 26.0 Å². The molecule has 0 radical (unpaired) electrons. The molecule has 7 heteroatoms. The number of ketones is 1. The molecule has 1 saturated heterocycles. The number of hydrogen-bond acceptors (Lipinski definition) is 6. The molecule has 1 fully saturated rings. The molecule has 0 saturated carbocycles. The number of nitrogens with zero attached hydrogens (tertiary/aromatic N) is 1. The summed E-state index contributed by atoms with van der Waals surface area (Å²) in [4.78, 5) is 27.7. The van der Waals surface area contributed by atoms with Crippen LogP contribution in [-0.4, -0.2) is 54.7 Å². The van der Waals surface area contributed by atoms with Gasteiger partial charge < -0.3 is 24.2 Å². The fraction of sp³-hybridized carbons (Fsp3) is 0.429. The third-order valence-electron chi connectivity index (χ3n) is 5.90. The molecule has 0 spiro atoms. The average Bonchev–Trinajstić information content (AvgIpc) is 3.11. The minimum absolute atomic E-state index is 0.0146. The maximum Gasteiger partial charge on any atom is 0.295 e. The lowest BCUT2D eigenvalue weighted by Crippen LogP contribution is -2.33. The van der Waals surface area contributed by atoms with Crippen molar-refractivity contribution in [3.05, 3.63) is 65.2 Å². The van der Waals surface area contributed by atoms with Crippen molar-refractivity contribution < 1.29 is 28.9 Å². The van der Waals surface area contributed by atoms with Crippen LogP contribution in [0.5, 0.6) is 11.5 Å². The lowest BCUT2D eigenvalue weighted by molar-refractivity contribution is -0.140. The van der Waals surface area contributed by atoms with Gasteiger partial charge in [0, 0.05) is 17.7 Å². The molecule has 0 aliphatic carbocycles. The fourth-order valence-electron chi connectivity index (χ4n) is 4.12. The van der Waals surface area contributed by atoms with Crippen molar-refractivity contribution in [1.29, 1.82) is 0 Å². The van der Waals surface area contributed by atoms with Crippen molar-refractivity contribution in [1.82, 2.24) is 4.90 Å². The van der Waals surface area contributed by atoms with Gasteiger partial charge in [0.2, 0.25) is 0 Å². The minimum Gasteiger partial charge on any atom is -0.507 e. The van der Waals surface area contributed by atoms with Gasteiger partial charge in [-0.1, -0.05) is 38.0 Å². The maximum absolute atomic E-state index is 13.2. The number of Topliss-reactive ketones (excluding diaryl/α,β-unsaturated/α-hetero) is 1. The first-order valence-corrected chi connectivity index (χ1v) is 12.1. The number of aliphatic hydroxyl groups is 1. The van der Waals surface area contributed by atoms with Crippen molar-refractivity contribution in [3.8, 4) is 11.5 Å². The summed E-state index contributed by atoms with van der Waals surface area (Å²) in [5.41, 5.74) is 1.08. The van der Waals surface area contributed by atoms with E-state index in [1.165, 1.54) is 12.0 Å². The number of carbonyl (C=O) groups excluding carboxylic acids is 2. The van der Waals surface area contributed by atoms with Gasteiger partial charge in [0.25, 0.3) is 11.7 Å². The van der Waals surface area contributed by atoms with Crippen LogP contribution in [0.3, 0.4) is 0 Å². The van der Waals surface area contributed by atoms with E-state index in [9.17, 15) is 14.7 Å². The third-order valence-corrected chi connectivity index (χ3v) is 5.90. The zero-order valence-electron chi connectivity index (χ0n) is 21.0. The van der Waals surface area contributed by atoms with Gasteiger partial charge in [-0.25, -0.2) is 0 Å². The molecule has 1 atom stereocenters. The Hall–Kier alpha value is -3.32. The molecule has 7 nitrogen and oxygen atoms in total. The molecule has 0 aromatic heterocycles. The van der Waals surface area contributed by atoms with Gasteiger partial charge in [-0.15, -0.1) is 0 Å². The number of rotatable bonds is 12. The number of benzene rings is 2. The number of aliphatic hydroxyl groups excluding tert-OH is 1. The van der Waals surface area contributed by atoms with Crippen LogP contribution in [0, 0.1) is 0 Å². The van der Waals surface area contributed by atoms with Gasteiger partial charge in [0.05, 0.1) is 38.0 Å². The smallest absolute Gasteiger partial charge is 0.295 e.